The highest BCUT2D eigenvalue weighted by molar-refractivity contribution is 5.42. The van der Waals surface area contributed by atoms with Crippen molar-refractivity contribution >= 4 is 11.9 Å². The summed E-state index contributed by atoms with van der Waals surface area (Å²) in [6.07, 6.45) is 16.1. The van der Waals surface area contributed by atoms with Crippen molar-refractivity contribution in [3.63, 3.8) is 0 Å². The Labute approximate surface area is 387 Å². The van der Waals surface area contributed by atoms with Crippen molar-refractivity contribution in [3.8, 4) is 0 Å². The first-order chi connectivity index (χ1) is 29.4. The van der Waals surface area contributed by atoms with Crippen molar-refractivity contribution in [2.45, 2.75) is 265 Å². The lowest BCUT2D eigenvalue weighted by molar-refractivity contribution is -0.287. The molecule has 0 bridgehead atoms. The molecular formula is C51H99N9O3. The molecule has 0 amide bonds. The first kappa shape index (κ1) is 53.9. The van der Waals surface area contributed by atoms with Crippen molar-refractivity contribution in [3.05, 3.63) is 5.82 Å². The minimum atomic E-state index is -0.158. The summed E-state index contributed by atoms with van der Waals surface area (Å²) < 4.78 is 0. The Bertz CT molecular complexity index is 1480. The number of hydrogen-bond acceptors (Lipinski definition) is 12. The summed E-state index contributed by atoms with van der Waals surface area (Å²) in [5, 5.41) is 6.89. The van der Waals surface area contributed by atoms with Gasteiger partial charge in [0.05, 0.1) is 19.8 Å². The van der Waals surface area contributed by atoms with Gasteiger partial charge in [-0.25, -0.2) is 0 Å². The van der Waals surface area contributed by atoms with Crippen LogP contribution < -0.4 is 9.80 Å². The smallest absolute Gasteiger partial charge is 0.230 e. The summed E-state index contributed by atoms with van der Waals surface area (Å²) in [6.45, 7) is 44.3. The van der Waals surface area contributed by atoms with Crippen molar-refractivity contribution in [1.82, 2.24) is 35.0 Å². The number of aromatic nitrogens is 3. The fourth-order valence-corrected chi connectivity index (χ4v) is 12.1. The van der Waals surface area contributed by atoms with Crippen LogP contribution in [-0.2, 0) is 14.5 Å². The molecule has 1 aromatic rings. The van der Waals surface area contributed by atoms with Gasteiger partial charge in [0.15, 0.2) is 0 Å². The van der Waals surface area contributed by atoms with Crippen LogP contribution in [0, 0.1) is 6.92 Å². The van der Waals surface area contributed by atoms with Crippen LogP contribution in [0.25, 0.3) is 0 Å². The SMILES string of the molecule is CCCCN(c1nc(C)nc(N(CCCCCCN(C)C2CC(C)(C)N(OCCC)C(C)(C)C2)C2CC(C)(C)N(OCCC)C(C)(C)C2)n1)C1CC(C)(C)N(OCCC)C(C)(C)C1. The Kier molecular flexibility index (Phi) is 19.2. The first-order valence-corrected chi connectivity index (χ1v) is 25.6. The summed E-state index contributed by atoms with van der Waals surface area (Å²) >= 11 is 0. The topological polar surface area (TPSA) is 85.8 Å². The molecule has 0 aromatic carbocycles. The van der Waals surface area contributed by atoms with E-state index in [9.17, 15) is 0 Å². The monoisotopic (exact) mass is 886 g/mol. The van der Waals surface area contributed by atoms with E-state index >= 15 is 0 Å². The molecule has 63 heavy (non-hydrogen) atoms. The van der Waals surface area contributed by atoms with Gasteiger partial charge in [-0.3, -0.25) is 14.5 Å². The van der Waals surface area contributed by atoms with Crippen LogP contribution in [0.5, 0.6) is 0 Å². The maximum atomic E-state index is 6.51. The average molecular weight is 886 g/mol. The lowest BCUT2D eigenvalue weighted by Gasteiger charge is -2.56. The number of hydroxylamine groups is 6. The lowest BCUT2D eigenvalue weighted by atomic mass is 9.78. The second-order valence-electron chi connectivity index (χ2n) is 23.6. The largest absolute Gasteiger partial charge is 0.338 e. The van der Waals surface area contributed by atoms with Gasteiger partial charge in [0.25, 0.3) is 0 Å². The van der Waals surface area contributed by atoms with Crippen LogP contribution in [0.2, 0.25) is 0 Å². The normalized spacial score (nSPS) is 23.1. The third kappa shape index (κ3) is 13.9. The van der Waals surface area contributed by atoms with Gasteiger partial charge in [0.2, 0.25) is 11.9 Å². The highest BCUT2D eigenvalue weighted by atomic mass is 16.7. The Morgan fingerprint density at radius 1 is 0.444 bits per heavy atom. The minimum Gasteiger partial charge on any atom is -0.338 e. The first-order valence-electron chi connectivity index (χ1n) is 25.6. The van der Waals surface area contributed by atoms with E-state index in [1.807, 2.05) is 0 Å². The molecule has 0 unspecified atom stereocenters. The molecule has 3 aliphatic rings. The van der Waals surface area contributed by atoms with Crippen molar-refractivity contribution in [2.75, 3.05) is 56.3 Å². The lowest BCUT2D eigenvalue weighted by Crippen LogP contribution is -2.64. The van der Waals surface area contributed by atoms with Gasteiger partial charge < -0.3 is 14.7 Å². The van der Waals surface area contributed by atoms with E-state index in [-0.39, 0.29) is 45.3 Å². The zero-order valence-corrected chi connectivity index (χ0v) is 44.3. The third-order valence-corrected chi connectivity index (χ3v) is 14.1. The van der Waals surface area contributed by atoms with Gasteiger partial charge in [0, 0.05) is 64.4 Å². The maximum Gasteiger partial charge on any atom is 0.230 e. The number of rotatable bonds is 24. The molecule has 366 valence electrons. The minimum absolute atomic E-state index is 0.00497. The predicted molar refractivity (Wildman–Crippen MR) is 263 cm³/mol. The molecule has 12 heteroatoms. The molecule has 12 nitrogen and oxygen atoms in total. The van der Waals surface area contributed by atoms with Gasteiger partial charge in [-0.05, 0) is 181 Å². The summed E-state index contributed by atoms with van der Waals surface area (Å²) in [5.41, 5.74) is -0.610. The standard InChI is InChI=1S/C51H99N9O3/c1-19-23-29-56(42-36-48(10,11)59(62-32-21-3)49(12,13)37-42)44-52-40(5)53-45(54-44)57(43-38-50(14,15)60(63-33-22-4)51(16,17)39-43)30-27-25-24-26-28-55(18)41-34-46(6,7)58(61-31-20-2)47(8,9)35-41/h41-43H,19-39H2,1-18H3. The van der Waals surface area contributed by atoms with Gasteiger partial charge in [-0.1, -0.05) is 47.0 Å². The Morgan fingerprint density at radius 3 is 1.10 bits per heavy atom. The van der Waals surface area contributed by atoms with E-state index in [0.29, 0.717) is 6.04 Å². The highest BCUT2D eigenvalue weighted by Gasteiger charge is 2.51. The number of hydrogen-bond donors (Lipinski definition) is 0. The summed E-state index contributed by atoms with van der Waals surface area (Å²) in [5.74, 6) is 2.46. The van der Waals surface area contributed by atoms with Crippen LogP contribution in [-0.4, -0.2) is 133 Å². The zero-order chi connectivity index (χ0) is 47.0. The van der Waals surface area contributed by atoms with Gasteiger partial charge in [-0.2, -0.15) is 30.1 Å². The number of nitrogens with zero attached hydrogens (tertiary/aromatic N) is 9. The maximum absolute atomic E-state index is 6.51. The quantitative estimate of drug-likeness (QED) is 0.0927. The van der Waals surface area contributed by atoms with E-state index in [2.05, 4.69) is 155 Å². The van der Waals surface area contributed by atoms with Crippen LogP contribution in [0.3, 0.4) is 0 Å². The number of aryl methyl sites for hydroxylation is 1. The van der Waals surface area contributed by atoms with Gasteiger partial charge >= 0.3 is 0 Å². The second-order valence-corrected chi connectivity index (χ2v) is 23.6. The van der Waals surface area contributed by atoms with Crippen LogP contribution in [0.1, 0.15) is 213 Å². The molecule has 0 spiro atoms. The van der Waals surface area contributed by atoms with Crippen LogP contribution in [0.4, 0.5) is 11.9 Å². The van der Waals surface area contributed by atoms with Crippen molar-refractivity contribution < 1.29 is 14.5 Å². The van der Waals surface area contributed by atoms with Crippen molar-refractivity contribution in [2.24, 2.45) is 0 Å². The average Bonchev–Trinajstić information content (AvgIpc) is 3.15. The van der Waals surface area contributed by atoms with E-state index in [1.165, 1.54) is 19.3 Å². The van der Waals surface area contributed by atoms with E-state index in [4.69, 9.17) is 29.5 Å². The van der Waals surface area contributed by atoms with Gasteiger partial charge in [-0.15, -0.1) is 0 Å². The highest BCUT2D eigenvalue weighted by Crippen LogP contribution is 2.44. The van der Waals surface area contributed by atoms with Crippen LogP contribution >= 0.6 is 0 Å². The molecule has 4 heterocycles. The Balaban J connectivity index is 1.57. The molecule has 0 atom stereocenters. The Morgan fingerprint density at radius 2 is 0.762 bits per heavy atom. The zero-order valence-electron chi connectivity index (χ0n) is 44.3. The molecule has 0 radical (unpaired) electrons. The molecule has 3 fully saturated rings. The second kappa shape index (κ2) is 22.4. The van der Waals surface area contributed by atoms with E-state index < -0.39 is 0 Å². The summed E-state index contributed by atoms with van der Waals surface area (Å²) in [6, 6.07) is 1.08. The molecular weight excluding hydrogens is 787 g/mol. The van der Waals surface area contributed by atoms with Crippen LogP contribution in [0.15, 0.2) is 0 Å². The molecule has 1 aromatic heterocycles. The summed E-state index contributed by atoms with van der Waals surface area (Å²) in [4.78, 5) is 42.9. The van der Waals surface area contributed by atoms with Crippen molar-refractivity contribution in [1.29, 1.82) is 0 Å². The number of unbranched alkanes of at least 4 members (excludes halogenated alkanes) is 4. The Hall–Kier alpha value is -1.67. The number of anilines is 2. The molecule has 3 saturated heterocycles. The van der Waals surface area contributed by atoms with Gasteiger partial charge in [0.1, 0.15) is 5.82 Å². The van der Waals surface area contributed by atoms with E-state index in [0.717, 1.165) is 134 Å². The molecule has 0 aliphatic carbocycles. The summed E-state index contributed by atoms with van der Waals surface area (Å²) in [7, 11) is 2.34. The third-order valence-electron chi connectivity index (χ3n) is 14.1. The molecule has 3 aliphatic heterocycles. The molecule has 4 rings (SSSR count). The fourth-order valence-electron chi connectivity index (χ4n) is 12.1. The van der Waals surface area contributed by atoms with E-state index in [1.54, 1.807) is 0 Å². The molecule has 0 N–H and O–H groups in total. The number of piperidine rings is 3. The predicted octanol–water partition coefficient (Wildman–Crippen LogP) is 11.2. The fraction of sp³-hybridized carbons (Fsp3) is 0.941. The molecule has 0 saturated carbocycles.